The van der Waals surface area contributed by atoms with E-state index in [1.807, 2.05) is 0 Å². The molecule has 1 amide bonds. The molecule has 0 aromatic carbocycles. The van der Waals surface area contributed by atoms with E-state index in [4.69, 9.17) is 52.7 Å². The molecule has 1 aliphatic carbocycles. The third-order valence-electron chi connectivity index (χ3n) is 11.4. The Labute approximate surface area is 324 Å². The summed E-state index contributed by atoms with van der Waals surface area (Å²) in [5.41, 5.74) is 6.09. The number of amides is 1. The number of nitrogens with two attached hydrogens (primary N) is 1. The third kappa shape index (κ3) is 10.6. The second kappa shape index (κ2) is 19.1. The monoisotopic (exact) mass is 830 g/mol. The number of ether oxygens (including phenoxy) is 8. The first-order valence-corrected chi connectivity index (χ1v) is 20.9. The molecule has 6 aliphatic rings. The lowest BCUT2D eigenvalue weighted by atomic mass is 9.85. The van der Waals surface area contributed by atoms with E-state index in [1.165, 1.54) is 6.92 Å². The van der Waals surface area contributed by atoms with E-state index >= 15 is 0 Å². The van der Waals surface area contributed by atoms with Gasteiger partial charge in [0, 0.05) is 25.8 Å². The Bertz CT molecular complexity index is 1330. The first-order valence-electron chi connectivity index (χ1n) is 19.4. The van der Waals surface area contributed by atoms with E-state index in [2.05, 4.69) is 5.32 Å². The van der Waals surface area contributed by atoms with Crippen molar-refractivity contribution in [1.82, 2.24) is 5.32 Å². The van der Waals surface area contributed by atoms with Crippen LogP contribution in [-0.4, -0.2) is 178 Å². The molecule has 1 saturated carbocycles. The summed E-state index contributed by atoms with van der Waals surface area (Å²) in [6, 6.07) is -1.06. The van der Waals surface area contributed by atoms with E-state index in [-0.39, 0.29) is 25.5 Å². The SMILES string of the molecule is CC(=O)N[C@H]1[C@H](OCCC2CCC(N)CC2)O[C@H](CO)[C@@H](O[C@@H]2O[C@@H](C)[C@@H](O)C[C@@H]2O)[C@@H]1O[C@@H]1O[C@@H]2COP(=O)(O)O[C@@H]2[C@H](O)[C@H]1O[C@@H]1O[C@@H](C)[C@@H](O)C[C@@H]1O. The summed E-state index contributed by atoms with van der Waals surface area (Å²) in [7, 11) is -4.62. The number of nitrogens with one attached hydrogen (secondary N) is 1. The molecule has 0 aromatic rings. The number of carbonyl (C=O) groups is 1. The number of rotatable bonds is 12. The van der Waals surface area contributed by atoms with E-state index < -0.39 is 137 Å². The lowest BCUT2D eigenvalue weighted by Gasteiger charge is -2.51. The number of hydrogen-bond acceptors (Lipinski definition) is 19. The molecule has 19 atom stereocenters. The molecule has 0 bridgehead atoms. The van der Waals surface area contributed by atoms with Gasteiger partial charge in [-0.2, -0.15) is 0 Å². The lowest BCUT2D eigenvalue weighted by molar-refractivity contribution is -0.387. The van der Waals surface area contributed by atoms with Crippen molar-refractivity contribution in [3.05, 3.63) is 0 Å². The minimum atomic E-state index is -4.62. The Kier molecular flexibility index (Phi) is 15.2. The van der Waals surface area contributed by atoms with Crippen molar-refractivity contribution in [2.24, 2.45) is 11.7 Å². The van der Waals surface area contributed by atoms with Gasteiger partial charge in [-0.3, -0.25) is 13.8 Å². The van der Waals surface area contributed by atoms with Gasteiger partial charge in [-0.1, -0.05) is 0 Å². The van der Waals surface area contributed by atoms with Crippen molar-refractivity contribution in [2.75, 3.05) is 19.8 Å². The number of phosphoric acid groups is 1. The zero-order chi connectivity index (χ0) is 40.5. The highest BCUT2D eigenvalue weighted by Gasteiger charge is 2.58. The number of phosphoric ester groups is 1. The van der Waals surface area contributed by atoms with Crippen LogP contribution in [0.25, 0.3) is 0 Å². The van der Waals surface area contributed by atoms with Crippen LogP contribution in [-0.2, 0) is 56.3 Å². The van der Waals surface area contributed by atoms with E-state index in [0.29, 0.717) is 12.3 Å². The van der Waals surface area contributed by atoms with Crippen LogP contribution >= 0.6 is 7.82 Å². The van der Waals surface area contributed by atoms with Gasteiger partial charge in [-0.05, 0) is 51.9 Å². The first-order chi connectivity index (χ1) is 26.5. The van der Waals surface area contributed by atoms with Crippen molar-refractivity contribution in [3.8, 4) is 0 Å². The Hall–Kier alpha value is -1.02. The molecule has 10 N–H and O–H groups in total. The van der Waals surface area contributed by atoms with Crippen LogP contribution < -0.4 is 11.1 Å². The molecule has 5 aliphatic heterocycles. The van der Waals surface area contributed by atoms with Crippen molar-refractivity contribution >= 4 is 13.7 Å². The quantitative estimate of drug-likeness (QED) is 0.0927. The molecule has 0 radical (unpaired) electrons. The average Bonchev–Trinajstić information content (AvgIpc) is 3.13. The molecule has 0 spiro atoms. The maximum atomic E-state index is 12.8. The second-order valence-corrected chi connectivity index (χ2v) is 17.1. The van der Waals surface area contributed by atoms with Crippen LogP contribution in [0.15, 0.2) is 0 Å². The van der Waals surface area contributed by atoms with Crippen LogP contribution in [0.5, 0.6) is 0 Å². The minimum Gasteiger partial charge on any atom is -0.394 e. The van der Waals surface area contributed by atoms with Crippen molar-refractivity contribution in [1.29, 1.82) is 0 Å². The van der Waals surface area contributed by atoms with Crippen LogP contribution in [0.2, 0.25) is 0 Å². The predicted molar refractivity (Wildman–Crippen MR) is 186 cm³/mol. The summed E-state index contributed by atoms with van der Waals surface area (Å²) >= 11 is 0. The number of carbonyl (C=O) groups excluding carboxylic acids is 1. The summed E-state index contributed by atoms with van der Waals surface area (Å²) in [5.74, 6) is -0.194. The summed E-state index contributed by atoms with van der Waals surface area (Å²) in [6.07, 6.45) is -18.2. The standard InChI is InChI=1S/C34H59N2O19P/c1-14-19(39)10-21(41)31(48-14)52-28-23(12-37)50-33(46-9-8-17-4-6-18(35)7-5-17)25(36-16(3)38)29(28)53-34-30(54-32-22(42)11-20(40)15(2)49-32)26(43)27-24(51-34)13-47-56(44,45)55-27/h14-15,17-34,37,39-43H,4-13,35H2,1-3H3,(H,36,38)(H,44,45)/t14-,15-,17?,18?,19-,20-,21-,22-,23+,24+,25+,26-,27-,28+,29+,30+,31-,32-,33+,34-/m0/s1. The first kappa shape index (κ1) is 44.5. The van der Waals surface area contributed by atoms with Gasteiger partial charge in [0.25, 0.3) is 0 Å². The molecule has 5 heterocycles. The minimum absolute atomic E-state index is 0.107. The van der Waals surface area contributed by atoms with E-state index in [0.717, 1.165) is 25.7 Å². The maximum Gasteiger partial charge on any atom is 0.472 e. The Balaban J connectivity index is 1.32. The summed E-state index contributed by atoms with van der Waals surface area (Å²) in [5, 5.41) is 67.5. The molecule has 1 unspecified atom stereocenters. The molecule has 6 rings (SSSR count). The smallest absolute Gasteiger partial charge is 0.394 e. The van der Waals surface area contributed by atoms with Gasteiger partial charge < -0.3 is 84.5 Å². The zero-order valence-electron chi connectivity index (χ0n) is 31.7. The van der Waals surface area contributed by atoms with Gasteiger partial charge >= 0.3 is 7.82 Å². The Morgan fingerprint density at radius 3 is 1.98 bits per heavy atom. The average molecular weight is 831 g/mol. The normalized spacial score (nSPS) is 50.2. The molecule has 5 saturated heterocycles. The van der Waals surface area contributed by atoms with E-state index in [1.54, 1.807) is 13.8 Å². The number of aliphatic hydroxyl groups excluding tert-OH is 6. The van der Waals surface area contributed by atoms with Crippen LogP contribution in [0.3, 0.4) is 0 Å². The fraction of sp³-hybridized carbons (Fsp3) is 0.971. The molecule has 6 fully saturated rings. The third-order valence-corrected chi connectivity index (χ3v) is 12.4. The fourth-order valence-electron chi connectivity index (χ4n) is 8.10. The highest BCUT2D eigenvalue weighted by Crippen LogP contribution is 2.51. The molecular formula is C34H59N2O19P. The van der Waals surface area contributed by atoms with Gasteiger partial charge in [0.05, 0.1) is 44.2 Å². The van der Waals surface area contributed by atoms with Crippen molar-refractivity contribution in [3.63, 3.8) is 0 Å². The summed E-state index contributed by atoms with van der Waals surface area (Å²) in [4.78, 5) is 22.9. The fourth-order valence-corrected chi connectivity index (χ4v) is 9.06. The van der Waals surface area contributed by atoms with E-state index in [9.17, 15) is 44.9 Å². The van der Waals surface area contributed by atoms with Crippen LogP contribution in [0, 0.1) is 5.92 Å². The maximum absolute atomic E-state index is 12.8. The lowest BCUT2D eigenvalue weighted by Crippen LogP contribution is -2.70. The number of hydrogen-bond donors (Lipinski definition) is 9. The van der Waals surface area contributed by atoms with Gasteiger partial charge in [-0.25, -0.2) is 4.57 Å². The summed E-state index contributed by atoms with van der Waals surface area (Å²) < 4.78 is 71.8. The molecule has 22 heteroatoms. The van der Waals surface area contributed by atoms with Gasteiger partial charge in [-0.15, -0.1) is 0 Å². The molecule has 56 heavy (non-hydrogen) atoms. The zero-order valence-corrected chi connectivity index (χ0v) is 32.6. The molecule has 21 nitrogen and oxygen atoms in total. The van der Waals surface area contributed by atoms with Gasteiger partial charge in [0.2, 0.25) is 5.91 Å². The van der Waals surface area contributed by atoms with Gasteiger partial charge in [0.15, 0.2) is 25.2 Å². The Morgan fingerprint density at radius 1 is 0.804 bits per heavy atom. The highest BCUT2D eigenvalue weighted by molar-refractivity contribution is 7.47. The predicted octanol–water partition coefficient (Wildman–Crippen LogP) is -2.40. The second-order valence-electron chi connectivity index (χ2n) is 15.7. The molecular weight excluding hydrogens is 771 g/mol. The van der Waals surface area contributed by atoms with Crippen LogP contribution in [0.1, 0.15) is 65.7 Å². The highest BCUT2D eigenvalue weighted by atomic mass is 31.2. The summed E-state index contributed by atoms with van der Waals surface area (Å²) in [6.45, 7) is 3.40. The Morgan fingerprint density at radius 2 is 1.39 bits per heavy atom. The largest absolute Gasteiger partial charge is 0.472 e. The van der Waals surface area contributed by atoms with Crippen molar-refractivity contribution < 1.29 is 91.8 Å². The number of fused-ring (bicyclic) bond motifs is 1. The number of aliphatic hydroxyl groups is 6. The molecule has 324 valence electrons. The van der Waals surface area contributed by atoms with Gasteiger partial charge in [0.1, 0.15) is 61.0 Å². The van der Waals surface area contributed by atoms with Crippen LogP contribution in [0.4, 0.5) is 0 Å². The molecule has 0 aromatic heterocycles. The van der Waals surface area contributed by atoms with Crippen molar-refractivity contribution in [2.45, 2.75) is 182 Å². The topological polar surface area (TPSA) is 306 Å².